The van der Waals surface area contributed by atoms with E-state index in [0.29, 0.717) is 22.2 Å². The van der Waals surface area contributed by atoms with Gasteiger partial charge >= 0.3 is 0 Å². The van der Waals surface area contributed by atoms with Crippen molar-refractivity contribution in [2.24, 2.45) is 0 Å². The highest BCUT2D eigenvalue weighted by atomic mass is 35.5. The van der Waals surface area contributed by atoms with Crippen LogP contribution in [-0.4, -0.2) is 22.0 Å². The Morgan fingerprint density at radius 3 is 2.07 bits per heavy atom. The molecule has 0 aliphatic heterocycles. The van der Waals surface area contributed by atoms with Gasteiger partial charge in [-0.05, 0) is 61.0 Å². The Morgan fingerprint density at radius 2 is 1.50 bits per heavy atom. The van der Waals surface area contributed by atoms with Gasteiger partial charge in [-0.3, -0.25) is 9.59 Å². The summed E-state index contributed by atoms with van der Waals surface area (Å²) in [6.07, 6.45) is 0. The van der Waals surface area contributed by atoms with E-state index in [2.05, 4.69) is 26.1 Å². The number of rotatable bonds is 5. The quantitative estimate of drug-likeness (QED) is 0.595. The van der Waals surface area contributed by atoms with Crippen LogP contribution in [0, 0.1) is 6.92 Å². The smallest absolute Gasteiger partial charge is 0.276 e. The number of anilines is 4. The third-order valence-electron chi connectivity index (χ3n) is 3.80. The molecule has 7 nitrogen and oxygen atoms in total. The van der Waals surface area contributed by atoms with Crippen molar-refractivity contribution >= 4 is 46.3 Å². The lowest BCUT2D eigenvalue weighted by atomic mass is 10.2. The molecule has 0 spiro atoms. The molecule has 0 atom stereocenters. The van der Waals surface area contributed by atoms with Crippen molar-refractivity contribution in [3.05, 3.63) is 70.9 Å². The lowest BCUT2D eigenvalue weighted by molar-refractivity contribution is -0.114. The van der Waals surface area contributed by atoms with E-state index in [1.807, 2.05) is 19.1 Å². The lowest BCUT2D eigenvalue weighted by Crippen LogP contribution is -2.14. The van der Waals surface area contributed by atoms with Gasteiger partial charge in [-0.15, -0.1) is 10.2 Å². The van der Waals surface area contributed by atoms with Gasteiger partial charge < -0.3 is 16.0 Å². The van der Waals surface area contributed by atoms with Crippen LogP contribution < -0.4 is 16.0 Å². The molecule has 0 aliphatic rings. The maximum absolute atomic E-state index is 12.3. The molecule has 3 aromatic rings. The molecular formula is C20H18ClN5O2. The number of aryl methyl sites for hydroxylation is 1. The van der Waals surface area contributed by atoms with Crippen molar-refractivity contribution in [2.75, 3.05) is 16.0 Å². The van der Waals surface area contributed by atoms with Gasteiger partial charge in [-0.2, -0.15) is 0 Å². The molecule has 0 aliphatic carbocycles. The zero-order chi connectivity index (χ0) is 20.1. The van der Waals surface area contributed by atoms with Crippen LogP contribution in [0.5, 0.6) is 0 Å². The molecule has 0 unspecified atom stereocenters. The maximum Gasteiger partial charge on any atom is 0.276 e. The summed E-state index contributed by atoms with van der Waals surface area (Å²) < 4.78 is 0. The molecule has 2 amide bonds. The van der Waals surface area contributed by atoms with Gasteiger partial charge in [0.05, 0.1) is 0 Å². The molecule has 0 saturated heterocycles. The summed E-state index contributed by atoms with van der Waals surface area (Å²) in [6, 6.07) is 15.6. The van der Waals surface area contributed by atoms with Crippen LogP contribution in [0.2, 0.25) is 5.02 Å². The topological polar surface area (TPSA) is 96.0 Å². The minimum atomic E-state index is -0.385. The molecule has 0 fully saturated rings. The minimum Gasteiger partial charge on any atom is -0.339 e. The van der Waals surface area contributed by atoms with Gasteiger partial charge in [0, 0.05) is 29.0 Å². The van der Waals surface area contributed by atoms with Crippen molar-refractivity contribution in [1.82, 2.24) is 10.2 Å². The first-order valence-corrected chi connectivity index (χ1v) is 8.84. The lowest BCUT2D eigenvalue weighted by Gasteiger charge is -2.08. The van der Waals surface area contributed by atoms with Crippen LogP contribution in [0.3, 0.4) is 0 Å². The maximum atomic E-state index is 12.3. The normalized spacial score (nSPS) is 10.2. The summed E-state index contributed by atoms with van der Waals surface area (Å²) in [4.78, 5) is 23.3. The third kappa shape index (κ3) is 5.05. The van der Waals surface area contributed by atoms with Gasteiger partial charge in [0.25, 0.3) is 5.91 Å². The predicted molar refractivity (Wildman–Crippen MR) is 110 cm³/mol. The Balaban J connectivity index is 1.63. The van der Waals surface area contributed by atoms with Crippen molar-refractivity contribution in [1.29, 1.82) is 0 Å². The first-order valence-electron chi connectivity index (χ1n) is 8.46. The number of hydrogen-bond acceptors (Lipinski definition) is 5. The van der Waals surface area contributed by atoms with E-state index in [1.165, 1.54) is 6.92 Å². The van der Waals surface area contributed by atoms with Crippen molar-refractivity contribution < 1.29 is 9.59 Å². The van der Waals surface area contributed by atoms with E-state index in [-0.39, 0.29) is 17.5 Å². The van der Waals surface area contributed by atoms with E-state index in [9.17, 15) is 9.59 Å². The molecule has 142 valence electrons. The molecule has 3 rings (SSSR count). The molecule has 0 saturated carbocycles. The Hall–Kier alpha value is -3.45. The Labute approximate surface area is 167 Å². The average molecular weight is 396 g/mol. The van der Waals surface area contributed by atoms with Crippen LogP contribution in [-0.2, 0) is 4.79 Å². The molecule has 8 heteroatoms. The number of benzene rings is 2. The van der Waals surface area contributed by atoms with E-state index in [0.717, 1.165) is 11.3 Å². The third-order valence-corrected chi connectivity index (χ3v) is 4.21. The first-order chi connectivity index (χ1) is 13.4. The number of hydrogen-bond donors (Lipinski definition) is 3. The molecule has 1 heterocycles. The molecular weight excluding hydrogens is 378 g/mol. The number of nitrogens with one attached hydrogen (secondary N) is 3. The molecule has 3 N–H and O–H groups in total. The minimum absolute atomic E-state index is 0.159. The standard InChI is InChI=1S/C20H18ClN5O2/c1-12-3-4-16(11-17(12)21)23-19-10-9-18(25-26-19)20(28)24-15-7-5-14(6-8-15)22-13(2)27/h3-11H,1-2H3,(H,22,27)(H,23,26)(H,24,28). The summed E-state index contributed by atoms with van der Waals surface area (Å²) in [5, 5.41) is 17.1. The second-order valence-corrected chi connectivity index (χ2v) is 6.51. The highest BCUT2D eigenvalue weighted by molar-refractivity contribution is 6.31. The summed E-state index contributed by atoms with van der Waals surface area (Å²) in [5.41, 5.74) is 3.17. The fourth-order valence-corrected chi connectivity index (χ4v) is 2.55. The van der Waals surface area contributed by atoms with E-state index in [1.54, 1.807) is 42.5 Å². The summed E-state index contributed by atoms with van der Waals surface area (Å²) in [5.74, 6) is -0.0468. The number of amides is 2. The Bertz CT molecular complexity index is 1000. The number of aromatic nitrogens is 2. The number of carbonyl (C=O) groups excluding carboxylic acids is 2. The number of carbonyl (C=O) groups is 2. The SMILES string of the molecule is CC(=O)Nc1ccc(NC(=O)c2ccc(Nc3ccc(C)c(Cl)c3)nn2)cc1. The summed E-state index contributed by atoms with van der Waals surface area (Å²) in [7, 11) is 0. The first kappa shape index (κ1) is 19.3. The second kappa shape index (κ2) is 8.49. The molecule has 2 aromatic carbocycles. The van der Waals surface area contributed by atoms with E-state index in [4.69, 9.17) is 11.6 Å². The van der Waals surface area contributed by atoms with E-state index < -0.39 is 0 Å². The largest absolute Gasteiger partial charge is 0.339 e. The van der Waals surface area contributed by atoms with Crippen molar-refractivity contribution in [3.8, 4) is 0 Å². The second-order valence-electron chi connectivity index (χ2n) is 6.11. The van der Waals surface area contributed by atoms with Crippen LogP contribution in [0.15, 0.2) is 54.6 Å². The highest BCUT2D eigenvalue weighted by Crippen LogP contribution is 2.22. The molecule has 1 aromatic heterocycles. The van der Waals surface area contributed by atoms with Crippen molar-refractivity contribution in [3.63, 3.8) is 0 Å². The van der Waals surface area contributed by atoms with Crippen LogP contribution in [0.4, 0.5) is 22.9 Å². The monoisotopic (exact) mass is 395 g/mol. The predicted octanol–water partition coefficient (Wildman–Crippen LogP) is 4.39. The Morgan fingerprint density at radius 1 is 0.857 bits per heavy atom. The highest BCUT2D eigenvalue weighted by Gasteiger charge is 2.09. The molecule has 28 heavy (non-hydrogen) atoms. The molecule has 0 bridgehead atoms. The van der Waals surface area contributed by atoms with Crippen LogP contribution in [0.1, 0.15) is 23.0 Å². The zero-order valence-electron chi connectivity index (χ0n) is 15.3. The van der Waals surface area contributed by atoms with E-state index >= 15 is 0 Å². The van der Waals surface area contributed by atoms with Crippen LogP contribution >= 0.6 is 11.6 Å². The zero-order valence-corrected chi connectivity index (χ0v) is 16.0. The molecule has 0 radical (unpaired) electrons. The van der Waals surface area contributed by atoms with Crippen LogP contribution in [0.25, 0.3) is 0 Å². The summed E-state index contributed by atoms with van der Waals surface area (Å²) >= 11 is 6.11. The van der Waals surface area contributed by atoms with Crippen molar-refractivity contribution in [2.45, 2.75) is 13.8 Å². The fourth-order valence-electron chi connectivity index (χ4n) is 2.37. The average Bonchev–Trinajstić information content (AvgIpc) is 2.66. The fraction of sp³-hybridized carbons (Fsp3) is 0.100. The van der Waals surface area contributed by atoms with Gasteiger partial charge in [0.15, 0.2) is 11.5 Å². The van der Waals surface area contributed by atoms with Gasteiger partial charge in [0.2, 0.25) is 5.91 Å². The van der Waals surface area contributed by atoms with Gasteiger partial charge in [0.1, 0.15) is 0 Å². The van der Waals surface area contributed by atoms with Gasteiger partial charge in [-0.1, -0.05) is 17.7 Å². The number of nitrogens with zero attached hydrogens (tertiary/aromatic N) is 2. The summed E-state index contributed by atoms with van der Waals surface area (Å²) in [6.45, 7) is 3.35. The number of halogens is 1. The van der Waals surface area contributed by atoms with Gasteiger partial charge in [-0.25, -0.2) is 0 Å². The Kier molecular flexibility index (Phi) is 5.86.